The first-order chi connectivity index (χ1) is 18.5. The molecule has 1 aliphatic heterocycles. The zero-order valence-electron chi connectivity index (χ0n) is 21.2. The third kappa shape index (κ3) is 5.26. The molecule has 1 amide bonds. The van der Waals surface area contributed by atoms with Gasteiger partial charge in [0.15, 0.2) is 0 Å². The molecule has 194 valence electrons. The Morgan fingerprint density at radius 1 is 1.13 bits per heavy atom. The predicted molar refractivity (Wildman–Crippen MR) is 152 cm³/mol. The van der Waals surface area contributed by atoms with E-state index in [1.165, 1.54) is 18.7 Å². The number of hydrogen-bond donors (Lipinski definition) is 1. The highest BCUT2D eigenvalue weighted by Gasteiger charge is 2.46. The molecule has 1 aromatic heterocycles. The smallest absolute Gasteiger partial charge is 0.325 e. The van der Waals surface area contributed by atoms with Crippen LogP contribution in [0.1, 0.15) is 44.0 Å². The highest BCUT2D eigenvalue weighted by Crippen LogP contribution is 2.40. The third-order valence-electron chi connectivity index (χ3n) is 6.32. The standard InChI is InChI=1S/C29H27BrN4O3S/c1-3-4-16-38-29-31-27(36)26-22-12-8-9-13-24(22)33(19(2)35)28(34(26)32-29)23-17-21(30)14-15-25(23)37-18-20-10-6-5-7-11-20/h5-15,17,28H,3-4,16,18H2,1-2H3/p+1/t28-/m0/s1. The molecule has 1 N–H and O–H groups in total. The summed E-state index contributed by atoms with van der Waals surface area (Å²) >= 11 is 5.10. The molecule has 0 fully saturated rings. The van der Waals surface area contributed by atoms with Gasteiger partial charge in [0.25, 0.3) is 6.17 Å². The van der Waals surface area contributed by atoms with Crippen molar-refractivity contribution in [1.29, 1.82) is 0 Å². The van der Waals surface area contributed by atoms with Gasteiger partial charge in [-0.2, -0.15) is 0 Å². The lowest BCUT2D eigenvalue weighted by Crippen LogP contribution is -2.60. The van der Waals surface area contributed by atoms with Crippen molar-refractivity contribution in [1.82, 2.24) is 10.1 Å². The van der Waals surface area contributed by atoms with Crippen LogP contribution in [0, 0.1) is 0 Å². The summed E-state index contributed by atoms with van der Waals surface area (Å²) in [6.07, 6.45) is 1.32. The van der Waals surface area contributed by atoms with Crippen LogP contribution >= 0.6 is 27.7 Å². The van der Waals surface area contributed by atoms with Crippen LogP contribution in [0.3, 0.4) is 0 Å². The van der Waals surface area contributed by atoms with Crippen molar-refractivity contribution < 1.29 is 14.2 Å². The van der Waals surface area contributed by atoms with E-state index in [9.17, 15) is 9.59 Å². The van der Waals surface area contributed by atoms with Crippen molar-refractivity contribution in [3.8, 4) is 17.0 Å². The number of hydrogen-bond acceptors (Lipinski definition) is 5. The first-order valence-corrected chi connectivity index (χ1v) is 14.3. The molecule has 0 saturated heterocycles. The number of benzene rings is 3. The minimum Gasteiger partial charge on any atom is -0.488 e. The number of H-pyrrole nitrogens is 1. The van der Waals surface area contributed by atoms with E-state index in [1.807, 2.05) is 72.8 Å². The summed E-state index contributed by atoms with van der Waals surface area (Å²) in [5, 5.41) is 5.40. The molecular formula is C29H28BrN4O3S+. The second kappa shape index (κ2) is 11.5. The van der Waals surface area contributed by atoms with E-state index >= 15 is 0 Å². The van der Waals surface area contributed by atoms with E-state index in [1.54, 1.807) is 9.58 Å². The second-order valence-electron chi connectivity index (χ2n) is 8.99. The first kappa shape index (κ1) is 26.2. The summed E-state index contributed by atoms with van der Waals surface area (Å²) in [4.78, 5) is 31.4. The lowest BCUT2D eigenvalue weighted by atomic mass is 10.0. The number of halogens is 1. The average Bonchev–Trinajstić information content (AvgIpc) is 2.92. The molecule has 7 nitrogen and oxygen atoms in total. The van der Waals surface area contributed by atoms with Crippen molar-refractivity contribution in [2.24, 2.45) is 0 Å². The van der Waals surface area contributed by atoms with Crippen LogP contribution in [0.5, 0.6) is 5.75 Å². The lowest BCUT2D eigenvalue weighted by Gasteiger charge is -2.32. The van der Waals surface area contributed by atoms with Gasteiger partial charge in [-0.25, -0.2) is 4.90 Å². The molecule has 38 heavy (non-hydrogen) atoms. The SMILES string of the molecule is CCCCSc1n[n+]2c(c(=O)[nH]1)-c1ccccc1N(C(C)=O)[C@@H]2c1cc(Br)ccc1OCc1ccccc1. The number of rotatable bonds is 8. The molecule has 0 unspecified atom stereocenters. The molecule has 0 spiro atoms. The van der Waals surface area contributed by atoms with E-state index < -0.39 is 6.17 Å². The molecular weight excluding hydrogens is 564 g/mol. The van der Waals surface area contributed by atoms with Crippen LogP contribution in [-0.4, -0.2) is 21.7 Å². The number of unbranched alkanes of at least 4 members (excludes halogenated alkanes) is 1. The highest BCUT2D eigenvalue weighted by molar-refractivity contribution is 9.10. The van der Waals surface area contributed by atoms with Gasteiger partial charge in [-0.3, -0.25) is 14.6 Å². The first-order valence-electron chi connectivity index (χ1n) is 12.5. The van der Waals surface area contributed by atoms with Crippen molar-refractivity contribution in [2.45, 2.75) is 44.6 Å². The number of aromatic amines is 1. The fourth-order valence-corrected chi connectivity index (χ4v) is 5.88. The molecule has 0 radical (unpaired) electrons. The Balaban J connectivity index is 1.69. The zero-order chi connectivity index (χ0) is 26.6. The van der Waals surface area contributed by atoms with Crippen LogP contribution in [0.25, 0.3) is 11.3 Å². The van der Waals surface area contributed by atoms with E-state index in [0.717, 1.165) is 28.6 Å². The Morgan fingerprint density at radius 2 is 1.89 bits per heavy atom. The number of carbonyl (C=O) groups is 1. The van der Waals surface area contributed by atoms with E-state index in [4.69, 9.17) is 9.84 Å². The van der Waals surface area contributed by atoms with E-state index in [2.05, 4.69) is 27.8 Å². The number of amides is 1. The topological polar surface area (TPSA) is 79.2 Å². The Kier molecular flexibility index (Phi) is 7.95. The van der Waals surface area contributed by atoms with Crippen LogP contribution < -0.4 is 19.9 Å². The minimum atomic E-state index is -0.728. The van der Waals surface area contributed by atoms with E-state index in [0.29, 0.717) is 40.0 Å². The maximum Gasteiger partial charge on any atom is 0.325 e. The van der Waals surface area contributed by atoms with Gasteiger partial charge in [-0.05, 0) is 47.0 Å². The van der Waals surface area contributed by atoms with Gasteiger partial charge in [-0.1, -0.05) is 83.5 Å². The summed E-state index contributed by atoms with van der Waals surface area (Å²) in [6, 6.07) is 23.1. The minimum absolute atomic E-state index is 0.170. The second-order valence-corrected chi connectivity index (χ2v) is 11.0. The molecule has 5 rings (SSSR count). The number of nitrogens with one attached hydrogen (secondary N) is 1. The number of thioether (sulfide) groups is 1. The van der Waals surface area contributed by atoms with Crippen molar-refractivity contribution in [2.75, 3.05) is 10.7 Å². The number of carbonyl (C=O) groups excluding carboxylic acids is 1. The Bertz CT molecular complexity index is 1530. The summed E-state index contributed by atoms with van der Waals surface area (Å²) in [5.41, 5.74) is 3.19. The van der Waals surface area contributed by atoms with Crippen LogP contribution in [0.15, 0.2) is 87.2 Å². The van der Waals surface area contributed by atoms with Gasteiger partial charge < -0.3 is 4.74 Å². The molecule has 0 bridgehead atoms. The van der Waals surface area contributed by atoms with Crippen LogP contribution in [0.2, 0.25) is 0 Å². The molecule has 2 heterocycles. The van der Waals surface area contributed by atoms with Crippen molar-refractivity contribution in [3.05, 3.63) is 98.7 Å². The number of nitrogens with zero attached hydrogens (tertiary/aromatic N) is 3. The zero-order valence-corrected chi connectivity index (χ0v) is 23.6. The van der Waals surface area contributed by atoms with Crippen molar-refractivity contribution in [3.63, 3.8) is 0 Å². The fraction of sp³-hybridized carbons (Fsp3) is 0.241. The fourth-order valence-electron chi connectivity index (χ4n) is 4.56. The van der Waals surface area contributed by atoms with Crippen molar-refractivity contribution >= 4 is 39.3 Å². The summed E-state index contributed by atoms with van der Waals surface area (Å²) in [6.45, 7) is 4.01. The van der Waals surface area contributed by atoms with Gasteiger partial charge in [0.05, 0.1) is 16.8 Å². The van der Waals surface area contributed by atoms with Gasteiger partial charge in [0, 0.05) is 22.2 Å². The summed E-state index contributed by atoms with van der Waals surface area (Å²) in [7, 11) is 0. The molecule has 0 saturated carbocycles. The average molecular weight is 593 g/mol. The number of anilines is 1. The molecule has 4 aromatic rings. The number of ether oxygens (including phenoxy) is 1. The van der Waals surface area contributed by atoms with Gasteiger partial charge in [-0.15, -0.1) is 0 Å². The number of aromatic nitrogens is 3. The molecule has 3 aromatic carbocycles. The molecule has 9 heteroatoms. The third-order valence-corrected chi connectivity index (χ3v) is 7.76. The summed E-state index contributed by atoms with van der Waals surface area (Å²) in [5.74, 6) is 1.27. The lowest BCUT2D eigenvalue weighted by molar-refractivity contribution is -0.763. The number of para-hydroxylation sites is 1. The Morgan fingerprint density at radius 3 is 2.66 bits per heavy atom. The van der Waals surface area contributed by atoms with Gasteiger partial charge in [0.2, 0.25) is 11.1 Å². The molecule has 1 atom stereocenters. The molecule has 1 aliphatic rings. The van der Waals surface area contributed by atoms with E-state index in [-0.39, 0.29) is 11.5 Å². The monoisotopic (exact) mass is 591 g/mol. The maximum atomic E-state index is 13.5. The van der Waals surface area contributed by atoms with Crippen LogP contribution in [-0.2, 0) is 11.4 Å². The Hall–Kier alpha value is -3.43. The maximum absolute atomic E-state index is 13.5. The summed E-state index contributed by atoms with van der Waals surface area (Å²) < 4.78 is 8.81. The Labute approximate surface area is 234 Å². The van der Waals surface area contributed by atoms with Gasteiger partial charge >= 0.3 is 11.3 Å². The van der Waals surface area contributed by atoms with Crippen LogP contribution in [0.4, 0.5) is 5.69 Å². The highest BCUT2D eigenvalue weighted by atomic mass is 79.9. The quantitative estimate of drug-likeness (QED) is 0.157. The largest absolute Gasteiger partial charge is 0.488 e. The number of fused-ring (bicyclic) bond motifs is 3. The predicted octanol–water partition coefficient (Wildman–Crippen LogP) is 5.87. The normalized spacial score (nSPS) is 14.1. The van der Waals surface area contributed by atoms with Gasteiger partial charge in [0.1, 0.15) is 12.4 Å². The molecule has 0 aliphatic carbocycles.